The number of hydrogen-bond donors (Lipinski definition) is 1. The third-order valence-electron chi connectivity index (χ3n) is 2.74. The lowest BCUT2D eigenvalue weighted by Gasteiger charge is -2.32. The Labute approximate surface area is 101 Å². The van der Waals surface area contributed by atoms with Crippen molar-refractivity contribution in [2.24, 2.45) is 0 Å². The van der Waals surface area contributed by atoms with E-state index in [1.165, 1.54) is 0 Å². The van der Waals surface area contributed by atoms with Gasteiger partial charge in [-0.25, -0.2) is 4.39 Å². The summed E-state index contributed by atoms with van der Waals surface area (Å²) in [5.41, 5.74) is -0.893. The SMILES string of the molecule is Fc1cc(C(F)(F)F)ccc1NC1CC(Cl)C1. The first-order valence-electron chi connectivity index (χ1n) is 5.13. The molecule has 1 N–H and O–H groups in total. The van der Waals surface area contributed by atoms with Crippen LogP contribution in [0.1, 0.15) is 18.4 Å². The van der Waals surface area contributed by atoms with Gasteiger partial charge in [-0.15, -0.1) is 11.6 Å². The smallest absolute Gasteiger partial charge is 0.380 e. The van der Waals surface area contributed by atoms with Crippen molar-refractivity contribution in [3.63, 3.8) is 0 Å². The van der Waals surface area contributed by atoms with Crippen LogP contribution in [0.3, 0.4) is 0 Å². The summed E-state index contributed by atoms with van der Waals surface area (Å²) in [7, 11) is 0. The fraction of sp³-hybridized carbons (Fsp3) is 0.455. The Morgan fingerprint density at radius 3 is 2.35 bits per heavy atom. The van der Waals surface area contributed by atoms with Gasteiger partial charge in [0, 0.05) is 11.4 Å². The minimum absolute atomic E-state index is 0.0451. The Kier molecular flexibility index (Phi) is 3.21. The molecule has 1 aromatic rings. The number of anilines is 1. The number of rotatable bonds is 2. The number of alkyl halides is 4. The fourth-order valence-electron chi connectivity index (χ4n) is 1.69. The van der Waals surface area contributed by atoms with Crippen molar-refractivity contribution in [3.8, 4) is 0 Å². The number of nitrogens with one attached hydrogen (secondary N) is 1. The normalized spacial score (nSPS) is 24.3. The molecular formula is C11H10ClF4N. The molecule has 1 aliphatic rings. The van der Waals surface area contributed by atoms with E-state index in [0.717, 1.165) is 12.1 Å². The first kappa shape index (κ1) is 12.5. The van der Waals surface area contributed by atoms with Gasteiger partial charge in [-0.1, -0.05) is 0 Å². The number of benzene rings is 1. The molecule has 0 aliphatic heterocycles. The third kappa shape index (κ3) is 2.83. The molecule has 1 saturated carbocycles. The van der Waals surface area contributed by atoms with Crippen LogP contribution in [0.15, 0.2) is 18.2 Å². The lowest BCUT2D eigenvalue weighted by Crippen LogP contribution is -2.36. The van der Waals surface area contributed by atoms with Gasteiger partial charge >= 0.3 is 6.18 Å². The van der Waals surface area contributed by atoms with Crippen LogP contribution in [0.5, 0.6) is 0 Å². The monoisotopic (exact) mass is 267 g/mol. The van der Waals surface area contributed by atoms with E-state index in [9.17, 15) is 17.6 Å². The van der Waals surface area contributed by atoms with Crippen molar-refractivity contribution in [1.82, 2.24) is 0 Å². The molecule has 0 unspecified atom stereocenters. The van der Waals surface area contributed by atoms with E-state index in [-0.39, 0.29) is 17.1 Å². The van der Waals surface area contributed by atoms with Crippen LogP contribution in [-0.2, 0) is 6.18 Å². The minimum Gasteiger partial charge on any atom is -0.380 e. The van der Waals surface area contributed by atoms with Gasteiger partial charge in [-0.3, -0.25) is 0 Å². The summed E-state index contributed by atoms with van der Waals surface area (Å²) in [4.78, 5) is 0. The molecule has 1 nitrogen and oxygen atoms in total. The van der Waals surface area contributed by atoms with Crippen LogP contribution < -0.4 is 5.32 Å². The van der Waals surface area contributed by atoms with E-state index >= 15 is 0 Å². The van der Waals surface area contributed by atoms with Gasteiger partial charge in [0.05, 0.1) is 11.3 Å². The van der Waals surface area contributed by atoms with Crippen LogP contribution in [0.2, 0.25) is 0 Å². The molecule has 0 amide bonds. The molecule has 1 aliphatic carbocycles. The second kappa shape index (κ2) is 4.37. The molecule has 1 fully saturated rings. The highest BCUT2D eigenvalue weighted by Gasteiger charge is 2.32. The van der Waals surface area contributed by atoms with Gasteiger partial charge in [0.15, 0.2) is 0 Å². The van der Waals surface area contributed by atoms with Crippen molar-refractivity contribution in [2.75, 3.05) is 5.32 Å². The second-order valence-electron chi connectivity index (χ2n) is 4.10. The Morgan fingerprint density at radius 1 is 1.24 bits per heavy atom. The van der Waals surface area contributed by atoms with Gasteiger partial charge in [-0.2, -0.15) is 13.2 Å². The Hall–Kier alpha value is -0.970. The Balaban J connectivity index is 2.09. The molecule has 0 aromatic heterocycles. The molecule has 0 atom stereocenters. The average Bonchev–Trinajstić information content (AvgIpc) is 2.16. The molecule has 2 rings (SSSR count). The average molecular weight is 268 g/mol. The van der Waals surface area contributed by atoms with Crippen LogP contribution in [-0.4, -0.2) is 11.4 Å². The van der Waals surface area contributed by atoms with E-state index in [1.807, 2.05) is 0 Å². The topological polar surface area (TPSA) is 12.0 Å². The predicted octanol–water partition coefficient (Wildman–Crippen LogP) is 4.03. The maximum absolute atomic E-state index is 13.4. The molecule has 0 radical (unpaired) electrons. The zero-order valence-corrected chi connectivity index (χ0v) is 9.45. The third-order valence-corrected chi connectivity index (χ3v) is 3.09. The molecule has 0 bridgehead atoms. The van der Waals surface area contributed by atoms with Gasteiger partial charge in [0.1, 0.15) is 5.82 Å². The molecule has 1 aromatic carbocycles. The first-order valence-corrected chi connectivity index (χ1v) is 5.57. The van der Waals surface area contributed by atoms with E-state index in [2.05, 4.69) is 5.32 Å². The number of hydrogen-bond acceptors (Lipinski definition) is 1. The summed E-state index contributed by atoms with van der Waals surface area (Å²) in [6.07, 6.45) is -3.12. The van der Waals surface area contributed by atoms with Crippen molar-refractivity contribution >= 4 is 17.3 Å². The quantitative estimate of drug-likeness (QED) is 0.630. The summed E-state index contributed by atoms with van der Waals surface area (Å²) in [5, 5.41) is 2.90. The van der Waals surface area contributed by atoms with Gasteiger partial charge < -0.3 is 5.32 Å². The Bertz CT molecular complexity index is 412. The minimum atomic E-state index is -4.52. The number of halogens is 5. The highest BCUT2D eigenvalue weighted by atomic mass is 35.5. The summed E-state index contributed by atoms with van der Waals surface area (Å²) >= 11 is 5.75. The fourth-order valence-corrected chi connectivity index (χ4v) is 2.12. The summed E-state index contributed by atoms with van der Waals surface area (Å²) in [6.45, 7) is 0. The second-order valence-corrected chi connectivity index (χ2v) is 4.72. The zero-order chi connectivity index (χ0) is 12.6. The van der Waals surface area contributed by atoms with Crippen molar-refractivity contribution in [2.45, 2.75) is 30.4 Å². The van der Waals surface area contributed by atoms with Crippen LogP contribution >= 0.6 is 11.6 Å². The van der Waals surface area contributed by atoms with Crippen LogP contribution in [0, 0.1) is 5.82 Å². The van der Waals surface area contributed by atoms with E-state index in [4.69, 9.17) is 11.6 Å². The van der Waals surface area contributed by atoms with E-state index < -0.39 is 17.6 Å². The first-order chi connectivity index (χ1) is 7.86. The summed E-state index contributed by atoms with van der Waals surface area (Å²) < 4.78 is 50.3. The summed E-state index contributed by atoms with van der Waals surface area (Å²) in [5.74, 6) is -0.891. The molecule has 0 heterocycles. The standard InChI is InChI=1S/C11H10ClF4N/c12-7-4-8(5-7)17-10-2-1-6(3-9(10)13)11(14,15)16/h1-3,7-8,17H,4-5H2. The summed E-state index contributed by atoms with van der Waals surface area (Å²) in [6, 6.07) is 2.52. The highest BCUT2D eigenvalue weighted by molar-refractivity contribution is 6.21. The largest absolute Gasteiger partial charge is 0.416 e. The zero-order valence-electron chi connectivity index (χ0n) is 8.69. The molecule has 6 heteroatoms. The van der Waals surface area contributed by atoms with Crippen LogP contribution in [0.25, 0.3) is 0 Å². The molecule has 0 spiro atoms. The van der Waals surface area contributed by atoms with Gasteiger partial charge in [0.2, 0.25) is 0 Å². The Morgan fingerprint density at radius 2 is 1.88 bits per heavy atom. The molecule has 0 saturated heterocycles. The molecular weight excluding hydrogens is 258 g/mol. The highest BCUT2D eigenvalue weighted by Crippen LogP contribution is 2.33. The van der Waals surface area contributed by atoms with Crippen LogP contribution in [0.4, 0.5) is 23.2 Å². The van der Waals surface area contributed by atoms with E-state index in [1.54, 1.807) is 0 Å². The van der Waals surface area contributed by atoms with Crippen molar-refractivity contribution in [3.05, 3.63) is 29.6 Å². The van der Waals surface area contributed by atoms with Gasteiger partial charge in [0.25, 0.3) is 0 Å². The van der Waals surface area contributed by atoms with Crippen molar-refractivity contribution < 1.29 is 17.6 Å². The van der Waals surface area contributed by atoms with Gasteiger partial charge in [-0.05, 0) is 31.0 Å². The molecule has 94 valence electrons. The van der Waals surface area contributed by atoms with E-state index in [0.29, 0.717) is 18.9 Å². The maximum atomic E-state index is 13.4. The van der Waals surface area contributed by atoms with Crippen molar-refractivity contribution in [1.29, 1.82) is 0 Å². The lowest BCUT2D eigenvalue weighted by atomic mass is 9.92. The molecule has 17 heavy (non-hydrogen) atoms. The lowest BCUT2D eigenvalue weighted by molar-refractivity contribution is -0.137. The predicted molar refractivity (Wildman–Crippen MR) is 57.7 cm³/mol. The maximum Gasteiger partial charge on any atom is 0.416 e.